The van der Waals surface area contributed by atoms with Gasteiger partial charge in [0.1, 0.15) is 11.6 Å². The van der Waals surface area contributed by atoms with E-state index in [1.54, 1.807) is 20.8 Å². The van der Waals surface area contributed by atoms with Gasteiger partial charge >= 0.3 is 12.1 Å². The van der Waals surface area contributed by atoms with E-state index in [1.807, 2.05) is 17.5 Å². The molecule has 0 saturated carbocycles. The number of thiophene rings is 1. The molecule has 106 valence electrons. The first-order valence-corrected chi connectivity index (χ1v) is 6.83. The average Bonchev–Trinajstić information content (AvgIpc) is 2.74. The maximum atomic E-state index is 12.1. The molecule has 0 aliphatic heterocycles. The summed E-state index contributed by atoms with van der Waals surface area (Å²) >= 11 is 1.47. The summed E-state index contributed by atoms with van der Waals surface area (Å²) in [5.74, 6) is -1.05. The molecule has 1 heterocycles. The van der Waals surface area contributed by atoms with Gasteiger partial charge in [0.25, 0.3) is 0 Å². The van der Waals surface area contributed by atoms with E-state index in [0.717, 1.165) is 4.88 Å². The zero-order valence-corrected chi connectivity index (χ0v) is 12.4. The Morgan fingerprint density at radius 1 is 1.47 bits per heavy atom. The molecule has 1 rings (SSSR count). The molecule has 0 aliphatic carbocycles. The highest BCUT2D eigenvalue weighted by atomic mass is 32.1. The molecule has 1 unspecified atom stereocenters. The molecule has 19 heavy (non-hydrogen) atoms. The van der Waals surface area contributed by atoms with Crippen molar-refractivity contribution in [3.63, 3.8) is 0 Å². The van der Waals surface area contributed by atoms with Gasteiger partial charge in [-0.1, -0.05) is 6.07 Å². The van der Waals surface area contributed by atoms with Crippen molar-refractivity contribution in [3.8, 4) is 0 Å². The van der Waals surface area contributed by atoms with Crippen LogP contribution in [0.1, 0.15) is 32.6 Å². The van der Waals surface area contributed by atoms with Gasteiger partial charge in [-0.2, -0.15) is 0 Å². The maximum Gasteiger partial charge on any atom is 0.411 e. The van der Waals surface area contributed by atoms with Crippen LogP contribution in [-0.2, 0) is 16.1 Å². The monoisotopic (exact) mass is 285 g/mol. The number of carboxylic acids is 1. The zero-order valence-electron chi connectivity index (χ0n) is 11.5. The summed E-state index contributed by atoms with van der Waals surface area (Å²) in [6.07, 6.45) is -0.615. The summed E-state index contributed by atoms with van der Waals surface area (Å²) in [6, 6.07) is 2.78. The first kappa shape index (κ1) is 15.5. The van der Waals surface area contributed by atoms with Crippen LogP contribution in [0, 0.1) is 0 Å². The second kappa shape index (κ2) is 6.06. The summed E-state index contributed by atoms with van der Waals surface area (Å²) in [6.45, 7) is 6.96. The maximum absolute atomic E-state index is 12.1. The molecule has 1 N–H and O–H groups in total. The highest BCUT2D eigenvalue weighted by molar-refractivity contribution is 7.09. The Bertz CT molecular complexity index is 436. The average molecular weight is 285 g/mol. The predicted molar refractivity (Wildman–Crippen MR) is 73.2 cm³/mol. The van der Waals surface area contributed by atoms with Crippen LogP contribution < -0.4 is 0 Å². The van der Waals surface area contributed by atoms with E-state index in [2.05, 4.69) is 0 Å². The van der Waals surface area contributed by atoms with Crippen LogP contribution in [0.3, 0.4) is 0 Å². The Kier molecular flexibility index (Phi) is 4.94. The van der Waals surface area contributed by atoms with Gasteiger partial charge in [-0.15, -0.1) is 11.3 Å². The first-order valence-electron chi connectivity index (χ1n) is 5.95. The van der Waals surface area contributed by atoms with Crippen LogP contribution >= 0.6 is 11.3 Å². The summed E-state index contributed by atoms with van der Waals surface area (Å²) in [4.78, 5) is 25.3. The van der Waals surface area contributed by atoms with Gasteiger partial charge in [-0.25, -0.2) is 9.59 Å². The number of carbonyl (C=O) groups excluding carboxylic acids is 1. The van der Waals surface area contributed by atoms with E-state index in [9.17, 15) is 9.59 Å². The van der Waals surface area contributed by atoms with Gasteiger partial charge < -0.3 is 9.84 Å². The van der Waals surface area contributed by atoms with Gasteiger partial charge in [0.2, 0.25) is 0 Å². The van der Waals surface area contributed by atoms with E-state index < -0.39 is 23.7 Å². The van der Waals surface area contributed by atoms with Crippen LogP contribution in [0.2, 0.25) is 0 Å². The molecule has 1 atom stereocenters. The van der Waals surface area contributed by atoms with Crippen molar-refractivity contribution in [3.05, 3.63) is 22.4 Å². The van der Waals surface area contributed by atoms with E-state index in [-0.39, 0.29) is 6.54 Å². The van der Waals surface area contributed by atoms with Gasteiger partial charge in [0, 0.05) is 4.88 Å². The number of ether oxygens (including phenoxy) is 1. The fourth-order valence-electron chi connectivity index (χ4n) is 1.38. The fourth-order valence-corrected chi connectivity index (χ4v) is 2.09. The van der Waals surface area contributed by atoms with Crippen molar-refractivity contribution in [1.29, 1.82) is 0 Å². The molecule has 0 saturated heterocycles. The molecule has 0 radical (unpaired) electrons. The van der Waals surface area contributed by atoms with Crippen molar-refractivity contribution in [2.24, 2.45) is 0 Å². The third-order valence-electron chi connectivity index (χ3n) is 2.36. The Balaban J connectivity index is 2.86. The largest absolute Gasteiger partial charge is 0.480 e. The molecule has 1 aromatic rings. The molecule has 0 bridgehead atoms. The Labute approximate surface area is 116 Å². The minimum absolute atomic E-state index is 0.236. The Hall–Kier alpha value is -1.56. The highest BCUT2D eigenvalue weighted by Crippen LogP contribution is 2.18. The predicted octanol–water partition coefficient (Wildman–Crippen LogP) is 2.96. The smallest absolute Gasteiger partial charge is 0.411 e. The number of nitrogens with zero attached hydrogens (tertiary/aromatic N) is 1. The van der Waals surface area contributed by atoms with Gasteiger partial charge in [-0.05, 0) is 39.1 Å². The molecule has 1 amide bonds. The normalized spacial score (nSPS) is 12.8. The van der Waals surface area contributed by atoms with Crippen LogP contribution in [0.15, 0.2) is 17.5 Å². The molecular formula is C13H19NO4S. The summed E-state index contributed by atoms with van der Waals surface area (Å²) in [5.41, 5.74) is -0.650. The van der Waals surface area contributed by atoms with Crippen LogP contribution in [-0.4, -0.2) is 33.7 Å². The fraction of sp³-hybridized carbons (Fsp3) is 0.538. The number of carboxylic acid groups (broad SMARTS) is 1. The number of hydrogen-bond acceptors (Lipinski definition) is 4. The Morgan fingerprint density at radius 2 is 2.11 bits per heavy atom. The zero-order chi connectivity index (χ0) is 14.6. The van der Waals surface area contributed by atoms with Gasteiger partial charge in [0.05, 0.1) is 6.54 Å². The summed E-state index contributed by atoms with van der Waals surface area (Å²) in [7, 11) is 0. The molecular weight excluding hydrogens is 266 g/mol. The van der Waals surface area contributed by atoms with Crippen molar-refractivity contribution >= 4 is 23.4 Å². The minimum Gasteiger partial charge on any atom is -0.480 e. The number of rotatable bonds is 4. The van der Waals surface area contributed by atoms with Crippen molar-refractivity contribution in [2.45, 2.75) is 45.9 Å². The van der Waals surface area contributed by atoms with E-state index in [1.165, 1.54) is 23.2 Å². The van der Waals surface area contributed by atoms with Gasteiger partial charge in [0.15, 0.2) is 0 Å². The lowest BCUT2D eigenvalue weighted by Gasteiger charge is -2.29. The second-order valence-electron chi connectivity index (χ2n) is 5.20. The molecule has 1 aromatic heterocycles. The molecule has 0 aliphatic rings. The van der Waals surface area contributed by atoms with Gasteiger partial charge in [-0.3, -0.25) is 4.90 Å². The standard InChI is InChI=1S/C13H19NO4S/c1-9(11(15)16)14(8-10-6-5-7-19-10)12(17)18-13(2,3)4/h5-7,9H,8H2,1-4H3,(H,15,16). The minimum atomic E-state index is -1.05. The summed E-state index contributed by atoms with van der Waals surface area (Å²) in [5, 5.41) is 11.0. The molecule has 0 aromatic carbocycles. The van der Waals surface area contributed by atoms with E-state index >= 15 is 0 Å². The molecule has 5 nitrogen and oxygen atoms in total. The van der Waals surface area contributed by atoms with Crippen LogP contribution in [0.4, 0.5) is 4.79 Å². The van der Waals surface area contributed by atoms with Crippen LogP contribution in [0.25, 0.3) is 0 Å². The third kappa shape index (κ3) is 4.90. The highest BCUT2D eigenvalue weighted by Gasteiger charge is 2.30. The first-order chi connectivity index (χ1) is 8.70. The summed E-state index contributed by atoms with van der Waals surface area (Å²) < 4.78 is 5.25. The van der Waals surface area contributed by atoms with Crippen molar-refractivity contribution in [1.82, 2.24) is 4.90 Å². The van der Waals surface area contributed by atoms with Crippen LogP contribution in [0.5, 0.6) is 0 Å². The lowest BCUT2D eigenvalue weighted by molar-refractivity contribution is -0.142. The molecule has 0 fully saturated rings. The van der Waals surface area contributed by atoms with E-state index in [0.29, 0.717) is 0 Å². The number of carbonyl (C=O) groups is 2. The lowest BCUT2D eigenvalue weighted by atomic mass is 10.2. The Morgan fingerprint density at radius 3 is 2.53 bits per heavy atom. The quantitative estimate of drug-likeness (QED) is 0.923. The lowest BCUT2D eigenvalue weighted by Crippen LogP contribution is -2.45. The SMILES string of the molecule is CC(C(=O)O)N(Cc1cccs1)C(=O)OC(C)(C)C. The number of hydrogen-bond donors (Lipinski definition) is 1. The molecule has 0 spiro atoms. The number of amides is 1. The van der Waals surface area contributed by atoms with E-state index in [4.69, 9.17) is 9.84 Å². The van der Waals surface area contributed by atoms with Crippen molar-refractivity contribution < 1.29 is 19.4 Å². The molecule has 6 heteroatoms. The third-order valence-corrected chi connectivity index (χ3v) is 3.22. The second-order valence-corrected chi connectivity index (χ2v) is 6.23. The number of aliphatic carboxylic acids is 1. The topological polar surface area (TPSA) is 66.8 Å². The van der Waals surface area contributed by atoms with Crippen molar-refractivity contribution in [2.75, 3.05) is 0 Å².